The van der Waals surface area contributed by atoms with E-state index in [0.29, 0.717) is 5.82 Å². The van der Waals surface area contributed by atoms with Gasteiger partial charge in [-0.15, -0.1) is 6.58 Å². The maximum absolute atomic E-state index is 12.7. The van der Waals surface area contributed by atoms with E-state index in [9.17, 15) is 18.0 Å². The van der Waals surface area contributed by atoms with Crippen molar-refractivity contribution < 1.29 is 18.0 Å². The molecule has 1 amide bonds. The molecule has 1 aromatic carbocycles. The Morgan fingerprint density at radius 2 is 2.04 bits per heavy atom. The molecular weight excluding hydrogens is 321 g/mol. The lowest BCUT2D eigenvalue weighted by molar-refractivity contribution is -0.137. The van der Waals surface area contributed by atoms with Crippen LogP contribution in [0.15, 0.2) is 43.0 Å². The smallest absolute Gasteiger partial charge is 0.347 e. The highest BCUT2D eigenvalue weighted by molar-refractivity contribution is 5.93. The number of nitrogens with zero attached hydrogens (tertiary/aromatic N) is 2. The molecule has 24 heavy (non-hydrogen) atoms. The van der Waals surface area contributed by atoms with Gasteiger partial charge in [-0.1, -0.05) is 12.1 Å². The van der Waals surface area contributed by atoms with Gasteiger partial charge >= 0.3 is 6.18 Å². The molecule has 0 aliphatic rings. The third-order valence-electron chi connectivity index (χ3n) is 2.94. The first-order chi connectivity index (χ1) is 11.3. The third-order valence-corrected chi connectivity index (χ3v) is 2.94. The lowest BCUT2D eigenvalue weighted by Gasteiger charge is -2.11. The van der Waals surface area contributed by atoms with Crippen LogP contribution in [-0.4, -0.2) is 22.4 Å². The van der Waals surface area contributed by atoms with Crippen LogP contribution >= 0.6 is 0 Å². The summed E-state index contributed by atoms with van der Waals surface area (Å²) < 4.78 is 38.2. The number of carbonyl (C=O) groups is 1. The highest BCUT2D eigenvalue weighted by Crippen LogP contribution is 2.31. The summed E-state index contributed by atoms with van der Waals surface area (Å²) in [7, 11) is 0. The molecule has 2 N–H and O–H groups in total. The van der Waals surface area contributed by atoms with Crippen molar-refractivity contribution >= 4 is 17.4 Å². The second-order valence-electron chi connectivity index (χ2n) is 4.89. The number of amides is 1. The lowest BCUT2D eigenvalue weighted by Crippen LogP contribution is -2.24. The fourth-order valence-corrected chi connectivity index (χ4v) is 1.92. The van der Waals surface area contributed by atoms with Crippen LogP contribution in [0.25, 0.3) is 0 Å². The highest BCUT2D eigenvalue weighted by Gasteiger charge is 2.30. The van der Waals surface area contributed by atoms with Gasteiger partial charge in [0.1, 0.15) is 17.3 Å². The predicted molar refractivity (Wildman–Crippen MR) is 84.0 cm³/mol. The lowest BCUT2D eigenvalue weighted by atomic mass is 10.2. The molecule has 126 valence electrons. The van der Waals surface area contributed by atoms with Gasteiger partial charge in [-0.05, 0) is 25.1 Å². The zero-order valence-electron chi connectivity index (χ0n) is 12.8. The number of halogens is 3. The second-order valence-corrected chi connectivity index (χ2v) is 4.89. The van der Waals surface area contributed by atoms with Crippen LogP contribution in [0.3, 0.4) is 0 Å². The quantitative estimate of drug-likeness (QED) is 0.821. The zero-order chi connectivity index (χ0) is 17.7. The first-order valence-electron chi connectivity index (χ1n) is 6.98. The van der Waals surface area contributed by atoms with E-state index < -0.39 is 17.6 Å². The summed E-state index contributed by atoms with van der Waals surface area (Å²) in [6.45, 7) is 5.35. The number of nitrogens with one attached hydrogen (secondary N) is 2. The van der Waals surface area contributed by atoms with E-state index in [-0.39, 0.29) is 23.7 Å². The van der Waals surface area contributed by atoms with Crippen LogP contribution in [0.2, 0.25) is 0 Å². The summed E-state index contributed by atoms with van der Waals surface area (Å²) in [4.78, 5) is 20.0. The van der Waals surface area contributed by atoms with E-state index in [0.717, 1.165) is 12.1 Å². The standard InChI is InChI=1S/C16H15F3N4O/c1-3-7-20-15(24)13-9-14(22-10(2)21-13)23-12-6-4-5-11(8-12)16(17,18)19/h3-6,8-9H,1,7H2,2H3,(H,20,24)(H,21,22,23). The molecule has 2 rings (SSSR count). The number of carbonyl (C=O) groups excluding carboxylic acids is 1. The number of anilines is 2. The Morgan fingerprint density at radius 3 is 2.71 bits per heavy atom. The monoisotopic (exact) mass is 336 g/mol. The molecule has 0 saturated carbocycles. The van der Waals surface area contributed by atoms with Gasteiger partial charge in [0.25, 0.3) is 5.91 Å². The number of hydrogen-bond donors (Lipinski definition) is 2. The van der Waals surface area contributed by atoms with Gasteiger partial charge in [0.2, 0.25) is 0 Å². The zero-order valence-corrected chi connectivity index (χ0v) is 12.8. The Hall–Kier alpha value is -2.90. The highest BCUT2D eigenvalue weighted by atomic mass is 19.4. The summed E-state index contributed by atoms with van der Waals surface area (Å²) in [6, 6.07) is 6.08. The van der Waals surface area contributed by atoms with Crippen molar-refractivity contribution in [3.05, 3.63) is 60.1 Å². The van der Waals surface area contributed by atoms with Gasteiger partial charge in [-0.3, -0.25) is 4.79 Å². The van der Waals surface area contributed by atoms with Crippen LogP contribution in [0.4, 0.5) is 24.7 Å². The van der Waals surface area contributed by atoms with Crippen LogP contribution < -0.4 is 10.6 Å². The first-order valence-corrected chi connectivity index (χ1v) is 6.98. The van der Waals surface area contributed by atoms with Crippen molar-refractivity contribution in [3.63, 3.8) is 0 Å². The molecule has 2 aromatic rings. The van der Waals surface area contributed by atoms with Crippen molar-refractivity contribution in [3.8, 4) is 0 Å². The van der Waals surface area contributed by atoms with Crippen molar-refractivity contribution in [2.75, 3.05) is 11.9 Å². The Kier molecular flexibility index (Phi) is 5.18. The molecule has 1 aromatic heterocycles. The maximum atomic E-state index is 12.7. The van der Waals surface area contributed by atoms with E-state index in [2.05, 4.69) is 27.2 Å². The molecule has 0 spiro atoms. The number of alkyl halides is 3. The Bertz CT molecular complexity index is 759. The molecule has 8 heteroatoms. The molecule has 0 saturated heterocycles. The minimum Gasteiger partial charge on any atom is -0.347 e. The molecule has 0 atom stereocenters. The molecule has 0 fully saturated rings. The van der Waals surface area contributed by atoms with Crippen LogP contribution in [0, 0.1) is 6.92 Å². The largest absolute Gasteiger partial charge is 0.416 e. The van der Waals surface area contributed by atoms with Crippen molar-refractivity contribution in [2.24, 2.45) is 0 Å². The van der Waals surface area contributed by atoms with E-state index in [1.165, 1.54) is 24.3 Å². The maximum Gasteiger partial charge on any atom is 0.416 e. The van der Waals surface area contributed by atoms with Crippen LogP contribution in [-0.2, 0) is 6.18 Å². The summed E-state index contributed by atoms with van der Waals surface area (Å²) in [5.74, 6) is 0.119. The van der Waals surface area contributed by atoms with E-state index in [1.807, 2.05) is 0 Å². The van der Waals surface area contributed by atoms with Gasteiger partial charge in [-0.2, -0.15) is 13.2 Å². The fraction of sp³-hybridized carbons (Fsp3) is 0.188. The molecule has 0 aliphatic carbocycles. The fourth-order valence-electron chi connectivity index (χ4n) is 1.92. The van der Waals surface area contributed by atoms with Crippen molar-refractivity contribution in [2.45, 2.75) is 13.1 Å². The summed E-state index contributed by atoms with van der Waals surface area (Å²) >= 11 is 0. The number of rotatable bonds is 5. The van der Waals surface area contributed by atoms with Crippen LogP contribution in [0.1, 0.15) is 21.9 Å². The first kappa shape index (κ1) is 17.5. The Labute approximate surface area is 136 Å². The van der Waals surface area contributed by atoms with E-state index >= 15 is 0 Å². The van der Waals surface area contributed by atoms with Gasteiger partial charge < -0.3 is 10.6 Å². The Morgan fingerprint density at radius 1 is 1.29 bits per heavy atom. The molecule has 5 nitrogen and oxygen atoms in total. The summed E-state index contributed by atoms with van der Waals surface area (Å²) in [5, 5.41) is 5.33. The number of aromatic nitrogens is 2. The average Bonchev–Trinajstić information content (AvgIpc) is 2.51. The molecule has 0 aliphatic heterocycles. The van der Waals surface area contributed by atoms with Crippen LogP contribution in [0.5, 0.6) is 0 Å². The topological polar surface area (TPSA) is 66.9 Å². The second kappa shape index (κ2) is 7.12. The minimum atomic E-state index is -4.44. The molecule has 1 heterocycles. The Balaban J connectivity index is 2.25. The third kappa shape index (κ3) is 4.55. The number of hydrogen-bond acceptors (Lipinski definition) is 4. The van der Waals surface area contributed by atoms with Gasteiger partial charge in [-0.25, -0.2) is 9.97 Å². The van der Waals surface area contributed by atoms with E-state index in [1.54, 1.807) is 6.92 Å². The summed E-state index contributed by atoms with van der Waals surface area (Å²) in [5.41, 5.74) is -0.457. The van der Waals surface area contributed by atoms with Crippen molar-refractivity contribution in [1.82, 2.24) is 15.3 Å². The van der Waals surface area contributed by atoms with E-state index in [4.69, 9.17) is 0 Å². The van der Waals surface area contributed by atoms with Gasteiger partial charge in [0, 0.05) is 18.3 Å². The molecule has 0 unspecified atom stereocenters. The number of benzene rings is 1. The van der Waals surface area contributed by atoms with Gasteiger partial charge in [0.05, 0.1) is 5.56 Å². The van der Waals surface area contributed by atoms with Gasteiger partial charge in [0.15, 0.2) is 0 Å². The predicted octanol–water partition coefficient (Wildman–Crippen LogP) is 3.46. The number of aryl methyl sites for hydroxylation is 1. The summed E-state index contributed by atoms with van der Waals surface area (Å²) in [6.07, 6.45) is -2.91. The SMILES string of the molecule is C=CCNC(=O)c1cc(Nc2cccc(C(F)(F)F)c2)nc(C)n1. The minimum absolute atomic E-state index is 0.110. The molecular formula is C16H15F3N4O. The average molecular weight is 336 g/mol. The normalized spacial score (nSPS) is 11.0. The molecule has 0 bridgehead atoms. The molecule has 0 radical (unpaired) electrons. The van der Waals surface area contributed by atoms with Crippen molar-refractivity contribution in [1.29, 1.82) is 0 Å².